The number of primary amides is 1. The Labute approximate surface area is 166 Å². The summed E-state index contributed by atoms with van der Waals surface area (Å²) in [5.41, 5.74) is 7.78. The topological polar surface area (TPSA) is 84.7 Å². The summed E-state index contributed by atoms with van der Waals surface area (Å²) in [6.07, 6.45) is 0.501. The van der Waals surface area contributed by atoms with Gasteiger partial charge in [-0.25, -0.2) is 4.79 Å². The molecule has 3 amide bonds. The fourth-order valence-corrected chi connectivity index (χ4v) is 3.46. The number of rotatable bonds is 5. The molecule has 2 aromatic rings. The molecule has 0 aliphatic carbocycles. The van der Waals surface area contributed by atoms with Crippen LogP contribution in [0.1, 0.15) is 27.6 Å². The van der Waals surface area contributed by atoms with Gasteiger partial charge in [-0.05, 0) is 41.8 Å². The Morgan fingerprint density at radius 2 is 2.04 bits per heavy atom. The molecule has 0 saturated carbocycles. The van der Waals surface area contributed by atoms with Crippen LogP contribution in [0.5, 0.6) is 0 Å². The van der Waals surface area contributed by atoms with Crippen LogP contribution >= 0.6 is 15.9 Å². The number of hydrogen-bond acceptors (Lipinski definition) is 3. The van der Waals surface area contributed by atoms with Gasteiger partial charge >= 0.3 is 6.03 Å². The Morgan fingerprint density at radius 1 is 1.22 bits per heavy atom. The number of urea groups is 1. The summed E-state index contributed by atoms with van der Waals surface area (Å²) in [5, 5.41) is 2.94. The molecule has 0 spiro atoms. The Bertz CT molecular complexity index is 828. The molecule has 1 aliphatic heterocycles. The van der Waals surface area contributed by atoms with Crippen molar-refractivity contribution in [1.29, 1.82) is 0 Å². The molecular weight excluding hydrogens is 410 g/mol. The standard InChI is InChI=1S/C20H22BrN3O3/c21-17-6-2-4-15(12-17)18-13-24(9-10-27-18)20(26)23-8-7-14-3-1-5-16(11-14)19(22)25/h1-6,11-12,18H,7-10,13H2,(H2,22,25)(H,23,26). The number of hydrogen-bond donors (Lipinski definition) is 2. The summed E-state index contributed by atoms with van der Waals surface area (Å²) < 4.78 is 6.81. The van der Waals surface area contributed by atoms with Crippen LogP contribution in [0.3, 0.4) is 0 Å². The molecule has 0 aromatic heterocycles. The lowest BCUT2D eigenvalue weighted by molar-refractivity contribution is -0.0154. The first kappa shape index (κ1) is 19.4. The normalized spacial score (nSPS) is 16.8. The highest BCUT2D eigenvalue weighted by atomic mass is 79.9. The summed E-state index contributed by atoms with van der Waals surface area (Å²) in [5.74, 6) is -0.451. The molecule has 7 heteroatoms. The van der Waals surface area contributed by atoms with Crippen molar-refractivity contribution in [2.75, 3.05) is 26.2 Å². The molecule has 3 rings (SSSR count). The van der Waals surface area contributed by atoms with Crippen LogP contribution in [0.15, 0.2) is 53.0 Å². The van der Waals surface area contributed by atoms with Gasteiger partial charge in [-0.15, -0.1) is 0 Å². The number of ether oxygens (including phenoxy) is 1. The molecule has 1 atom stereocenters. The van der Waals surface area contributed by atoms with E-state index in [9.17, 15) is 9.59 Å². The van der Waals surface area contributed by atoms with E-state index in [1.807, 2.05) is 30.3 Å². The average molecular weight is 432 g/mol. The Hall–Kier alpha value is -2.38. The van der Waals surface area contributed by atoms with Crippen molar-refractivity contribution >= 4 is 27.9 Å². The Morgan fingerprint density at radius 3 is 2.81 bits per heavy atom. The monoisotopic (exact) mass is 431 g/mol. The van der Waals surface area contributed by atoms with Crippen LogP contribution in [-0.2, 0) is 11.2 Å². The van der Waals surface area contributed by atoms with E-state index in [1.54, 1.807) is 23.1 Å². The van der Waals surface area contributed by atoms with Crippen LogP contribution in [0.2, 0.25) is 0 Å². The third-order valence-corrected chi connectivity index (χ3v) is 4.97. The minimum absolute atomic E-state index is 0.107. The van der Waals surface area contributed by atoms with Crippen molar-refractivity contribution < 1.29 is 14.3 Å². The van der Waals surface area contributed by atoms with E-state index in [1.165, 1.54) is 0 Å². The van der Waals surface area contributed by atoms with Crippen molar-refractivity contribution in [3.63, 3.8) is 0 Å². The number of amides is 3. The van der Waals surface area contributed by atoms with Gasteiger partial charge in [0.1, 0.15) is 6.10 Å². The van der Waals surface area contributed by atoms with Gasteiger partial charge in [0.15, 0.2) is 0 Å². The predicted octanol–water partition coefficient (Wildman–Crippen LogP) is 2.87. The van der Waals surface area contributed by atoms with Gasteiger partial charge in [0.2, 0.25) is 5.91 Å². The van der Waals surface area contributed by atoms with E-state index in [0.717, 1.165) is 15.6 Å². The van der Waals surface area contributed by atoms with Crippen LogP contribution in [-0.4, -0.2) is 43.1 Å². The molecule has 1 saturated heterocycles. The van der Waals surface area contributed by atoms with Crippen molar-refractivity contribution in [2.45, 2.75) is 12.5 Å². The molecule has 1 aliphatic rings. The SMILES string of the molecule is NC(=O)c1cccc(CCNC(=O)N2CCOC(c3cccc(Br)c3)C2)c1. The van der Waals surface area contributed by atoms with Crippen molar-refractivity contribution in [1.82, 2.24) is 10.2 Å². The second-order valence-electron chi connectivity index (χ2n) is 6.41. The molecule has 1 fully saturated rings. The van der Waals surface area contributed by atoms with Crippen molar-refractivity contribution in [3.05, 3.63) is 69.7 Å². The average Bonchev–Trinajstić information content (AvgIpc) is 2.68. The molecule has 1 heterocycles. The van der Waals surface area contributed by atoms with E-state index < -0.39 is 5.91 Å². The summed E-state index contributed by atoms with van der Waals surface area (Å²) >= 11 is 3.47. The number of carbonyl (C=O) groups is 2. The van der Waals surface area contributed by atoms with Crippen LogP contribution in [0.4, 0.5) is 4.79 Å². The summed E-state index contributed by atoms with van der Waals surface area (Å²) in [7, 11) is 0. The maximum Gasteiger partial charge on any atom is 0.317 e. The molecule has 0 radical (unpaired) electrons. The first-order valence-electron chi connectivity index (χ1n) is 8.81. The van der Waals surface area contributed by atoms with Gasteiger partial charge < -0.3 is 20.7 Å². The number of nitrogens with zero attached hydrogens (tertiary/aromatic N) is 1. The highest BCUT2D eigenvalue weighted by molar-refractivity contribution is 9.10. The van der Waals surface area contributed by atoms with Gasteiger partial charge in [0.05, 0.1) is 13.2 Å². The molecule has 27 heavy (non-hydrogen) atoms. The lowest BCUT2D eigenvalue weighted by Gasteiger charge is -2.33. The molecule has 1 unspecified atom stereocenters. The highest BCUT2D eigenvalue weighted by Gasteiger charge is 2.25. The lowest BCUT2D eigenvalue weighted by Crippen LogP contribution is -2.47. The molecule has 6 nitrogen and oxygen atoms in total. The zero-order chi connectivity index (χ0) is 19.2. The predicted molar refractivity (Wildman–Crippen MR) is 106 cm³/mol. The highest BCUT2D eigenvalue weighted by Crippen LogP contribution is 2.24. The Kier molecular flexibility index (Phi) is 6.47. The number of nitrogens with one attached hydrogen (secondary N) is 1. The fourth-order valence-electron chi connectivity index (χ4n) is 3.05. The van der Waals surface area contributed by atoms with Crippen molar-refractivity contribution in [3.8, 4) is 0 Å². The number of morpholine rings is 1. The van der Waals surface area contributed by atoms with Crippen LogP contribution in [0.25, 0.3) is 0 Å². The first-order chi connectivity index (χ1) is 13.0. The molecule has 0 bridgehead atoms. The summed E-state index contributed by atoms with van der Waals surface area (Å²) in [6.45, 7) is 2.07. The van der Waals surface area contributed by atoms with Gasteiger partial charge in [-0.1, -0.05) is 40.2 Å². The van der Waals surface area contributed by atoms with E-state index in [0.29, 0.717) is 38.2 Å². The number of nitrogens with two attached hydrogens (primary N) is 1. The van der Waals surface area contributed by atoms with Gasteiger partial charge in [-0.3, -0.25) is 4.79 Å². The van der Waals surface area contributed by atoms with Gasteiger partial charge in [0, 0.05) is 23.1 Å². The molecule has 142 valence electrons. The fraction of sp³-hybridized carbons (Fsp3) is 0.300. The molecule has 3 N–H and O–H groups in total. The van der Waals surface area contributed by atoms with E-state index in [2.05, 4.69) is 21.2 Å². The number of halogens is 1. The minimum Gasteiger partial charge on any atom is -0.370 e. The quantitative estimate of drug-likeness (QED) is 0.762. The van der Waals surface area contributed by atoms with Gasteiger partial charge in [0.25, 0.3) is 0 Å². The van der Waals surface area contributed by atoms with Crippen LogP contribution in [0, 0.1) is 0 Å². The largest absolute Gasteiger partial charge is 0.370 e. The second kappa shape index (κ2) is 9.01. The maximum atomic E-state index is 12.5. The maximum absolute atomic E-state index is 12.5. The van der Waals surface area contributed by atoms with E-state index in [4.69, 9.17) is 10.5 Å². The minimum atomic E-state index is -0.451. The zero-order valence-electron chi connectivity index (χ0n) is 14.9. The smallest absolute Gasteiger partial charge is 0.317 e. The molecule has 2 aromatic carbocycles. The third-order valence-electron chi connectivity index (χ3n) is 4.48. The lowest BCUT2D eigenvalue weighted by atomic mass is 10.1. The van der Waals surface area contributed by atoms with E-state index in [-0.39, 0.29) is 12.1 Å². The molecular formula is C20H22BrN3O3. The van der Waals surface area contributed by atoms with Crippen molar-refractivity contribution in [2.24, 2.45) is 5.73 Å². The van der Waals surface area contributed by atoms with Crippen LogP contribution < -0.4 is 11.1 Å². The van der Waals surface area contributed by atoms with Gasteiger partial charge in [-0.2, -0.15) is 0 Å². The summed E-state index contributed by atoms with van der Waals surface area (Å²) in [4.78, 5) is 25.5. The second-order valence-corrected chi connectivity index (χ2v) is 7.32. The third kappa shape index (κ3) is 5.30. The number of carbonyl (C=O) groups excluding carboxylic acids is 2. The zero-order valence-corrected chi connectivity index (χ0v) is 16.4. The first-order valence-corrected chi connectivity index (χ1v) is 9.61. The number of benzene rings is 2. The summed E-state index contributed by atoms with van der Waals surface area (Å²) in [6, 6.07) is 15.0. The Balaban J connectivity index is 1.52. The van der Waals surface area contributed by atoms with E-state index >= 15 is 0 Å².